The van der Waals surface area contributed by atoms with E-state index in [1.807, 2.05) is 0 Å². The molecule has 0 aromatic rings. The first-order valence-electron chi connectivity index (χ1n) is 14.5. The fourth-order valence-electron chi connectivity index (χ4n) is 10.3. The van der Waals surface area contributed by atoms with Crippen molar-refractivity contribution in [3.8, 4) is 0 Å². The third-order valence-corrected chi connectivity index (χ3v) is 18.5. The van der Waals surface area contributed by atoms with Gasteiger partial charge in [0.15, 0.2) is 0 Å². The quantitative estimate of drug-likeness (QED) is 0.356. The van der Waals surface area contributed by atoms with E-state index in [-0.39, 0.29) is 11.5 Å². The van der Waals surface area contributed by atoms with E-state index >= 15 is 0 Å². The van der Waals surface area contributed by atoms with Gasteiger partial charge in [-0.25, -0.2) is 5.14 Å². The molecular formula is C28H53NO4SSi. The van der Waals surface area contributed by atoms with Crippen molar-refractivity contribution in [3.63, 3.8) is 0 Å². The maximum Gasteiger partial charge on any atom is 0.333 e. The Balaban J connectivity index is 1.49. The zero-order chi connectivity index (χ0) is 26.0. The Morgan fingerprint density at radius 3 is 1.94 bits per heavy atom. The van der Waals surface area contributed by atoms with E-state index in [4.69, 9.17) is 13.7 Å². The van der Waals surface area contributed by atoms with Crippen LogP contribution < -0.4 is 5.14 Å². The van der Waals surface area contributed by atoms with E-state index < -0.39 is 18.6 Å². The predicted octanol–water partition coefficient (Wildman–Crippen LogP) is 7.18. The van der Waals surface area contributed by atoms with Crippen molar-refractivity contribution in [2.75, 3.05) is 0 Å². The van der Waals surface area contributed by atoms with Crippen LogP contribution in [-0.4, -0.2) is 28.9 Å². The summed E-state index contributed by atoms with van der Waals surface area (Å²) in [5, 5.41) is 5.29. The number of nitrogens with two attached hydrogens (primary N) is 1. The normalized spacial score (nSPS) is 42.3. The van der Waals surface area contributed by atoms with Crippen LogP contribution in [0.15, 0.2) is 0 Å². The smallest absolute Gasteiger partial charge is 0.333 e. The minimum absolute atomic E-state index is 0.0614. The van der Waals surface area contributed by atoms with E-state index in [2.05, 4.69) is 55.4 Å². The molecule has 8 atom stereocenters. The molecule has 0 amide bonds. The summed E-state index contributed by atoms with van der Waals surface area (Å²) in [5.41, 5.74) is 2.24. The molecule has 35 heavy (non-hydrogen) atoms. The molecule has 4 saturated carbocycles. The van der Waals surface area contributed by atoms with Crippen molar-refractivity contribution in [3.05, 3.63) is 0 Å². The van der Waals surface area contributed by atoms with Gasteiger partial charge in [-0.15, -0.1) is 0 Å². The highest BCUT2D eigenvalue weighted by atomic mass is 32.2. The lowest BCUT2D eigenvalue weighted by molar-refractivity contribution is -0.130. The van der Waals surface area contributed by atoms with Crippen molar-refractivity contribution in [2.45, 2.75) is 142 Å². The summed E-state index contributed by atoms with van der Waals surface area (Å²) >= 11 is 0. The third-order valence-electron chi connectivity index (χ3n) is 11.9. The number of fused-ring (bicyclic) bond motifs is 5. The van der Waals surface area contributed by atoms with E-state index in [9.17, 15) is 8.42 Å². The summed E-state index contributed by atoms with van der Waals surface area (Å²) in [4.78, 5) is 0. The van der Waals surface area contributed by atoms with Gasteiger partial charge in [0.1, 0.15) is 0 Å². The number of rotatable bonds is 7. The minimum Gasteiger partial charge on any atom is -0.413 e. The first-order valence-corrected chi connectivity index (χ1v) is 18.1. The molecule has 0 spiro atoms. The molecule has 0 heterocycles. The van der Waals surface area contributed by atoms with Crippen LogP contribution in [0.4, 0.5) is 0 Å². The van der Waals surface area contributed by atoms with Gasteiger partial charge in [-0.1, -0.05) is 55.4 Å². The second-order valence-electron chi connectivity index (χ2n) is 14.2. The Labute approximate surface area is 217 Å². The minimum atomic E-state index is -3.91. The van der Waals surface area contributed by atoms with Crippen LogP contribution in [0.5, 0.6) is 0 Å². The van der Waals surface area contributed by atoms with Gasteiger partial charge in [0.2, 0.25) is 8.32 Å². The summed E-state index contributed by atoms with van der Waals surface area (Å²) in [6.45, 7) is 19.3. The highest BCUT2D eigenvalue weighted by molar-refractivity contribution is 7.84. The van der Waals surface area contributed by atoms with E-state index in [0.717, 1.165) is 31.1 Å². The Kier molecular flexibility index (Phi) is 7.74. The number of hydrogen-bond donors (Lipinski definition) is 1. The molecule has 4 fully saturated rings. The maximum atomic E-state index is 11.7. The molecule has 5 nitrogen and oxygen atoms in total. The van der Waals surface area contributed by atoms with Crippen LogP contribution in [0.1, 0.15) is 113 Å². The molecule has 0 unspecified atom stereocenters. The molecule has 0 aromatic carbocycles. The van der Waals surface area contributed by atoms with Crippen molar-refractivity contribution >= 4 is 18.6 Å². The summed E-state index contributed by atoms with van der Waals surface area (Å²) in [6.07, 6.45) is 10.6. The predicted molar refractivity (Wildman–Crippen MR) is 146 cm³/mol. The molecule has 0 radical (unpaired) electrons. The highest BCUT2D eigenvalue weighted by Crippen LogP contribution is 2.67. The fourth-order valence-corrected chi connectivity index (χ4v) is 16.5. The third kappa shape index (κ3) is 4.72. The highest BCUT2D eigenvalue weighted by Gasteiger charge is 2.61. The van der Waals surface area contributed by atoms with Gasteiger partial charge in [0.05, 0.1) is 6.10 Å². The zero-order valence-electron chi connectivity index (χ0n) is 23.7. The molecule has 0 saturated heterocycles. The van der Waals surface area contributed by atoms with Gasteiger partial charge >= 0.3 is 10.3 Å². The molecular weight excluding hydrogens is 474 g/mol. The summed E-state index contributed by atoms with van der Waals surface area (Å²) in [6, 6.07) is 0. The first kappa shape index (κ1) is 28.1. The second kappa shape index (κ2) is 9.66. The standard InChI is InChI=1S/C28H53NO4SSi/c1-18(2)35(19(3)4,20(5)6)33-22-13-15-27(7)21(17-22)9-10-23-24-11-12-26(32-34(29,30)31)28(24,8)16-14-25(23)27/h18-26H,9-17H2,1-8H3,(H2,29,30,31)/t21-,22-,23-,24-,25-,26-,27-,28-/m0/s1. The molecule has 0 aromatic heterocycles. The van der Waals surface area contributed by atoms with Crippen LogP contribution in [0.25, 0.3) is 0 Å². The molecule has 2 N–H and O–H groups in total. The maximum absolute atomic E-state index is 11.7. The Morgan fingerprint density at radius 2 is 1.37 bits per heavy atom. The van der Waals surface area contributed by atoms with E-state index in [1.54, 1.807) is 0 Å². The van der Waals surface area contributed by atoms with E-state index in [1.165, 1.54) is 38.5 Å². The number of hydrogen-bond acceptors (Lipinski definition) is 4. The average molecular weight is 528 g/mol. The summed E-state index contributed by atoms with van der Waals surface area (Å²) < 4.78 is 36.2. The van der Waals surface area contributed by atoms with Crippen molar-refractivity contribution in [2.24, 2.45) is 39.6 Å². The zero-order valence-corrected chi connectivity index (χ0v) is 25.5. The van der Waals surface area contributed by atoms with Gasteiger partial charge in [0.25, 0.3) is 0 Å². The van der Waals surface area contributed by atoms with Gasteiger partial charge < -0.3 is 4.43 Å². The lowest BCUT2D eigenvalue weighted by Gasteiger charge is -2.61. The van der Waals surface area contributed by atoms with Gasteiger partial charge in [-0.05, 0) is 109 Å². The van der Waals surface area contributed by atoms with Crippen LogP contribution in [0, 0.1) is 34.5 Å². The Bertz CT molecular complexity index is 854. The molecule has 0 bridgehead atoms. The largest absolute Gasteiger partial charge is 0.413 e. The summed E-state index contributed by atoms with van der Waals surface area (Å²) in [5.74, 6) is 2.75. The van der Waals surface area contributed by atoms with Crippen LogP contribution >= 0.6 is 0 Å². The molecule has 4 aliphatic carbocycles. The topological polar surface area (TPSA) is 78.6 Å². The monoisotopic (exact) mass is 527 g/mol. The van der Waals surface area contributed by atoms with Crippen LogP contribution in [0.3, 0.4) is 0 Å². The second-order valence-corrected chi connectivity index (χ2v) is 20.8. The van der Waals surface area contributed by atoms with Crippen LogP contribution in [0.2, 0.25) is 16.6 Å². The van der Waals surface area contributed by atoms with Gasteiger partial charge in [0, 0.05) is 6.10 Å². The van der Waals surface area contributed by atoms with Crippen molar-refractivity contribution < 1.29 is 17.0 Å². The molecule has 204 valence electrons. The lowest BCUT2D eigenvalue weighted by atomic mass is 9.45. The molecule has 7 heteroatoms. The van der Waals surface area contributed by atoms with Gasteiger partial charge in [-0.3, -0.25) is 4.18 Å². The SMILES string of the molecule is CC(C)[Si](O[C@H]1CC[C@@]2(C)[C@@H](CC[C@@H]3[C@@H]2CC[C@]2(C)[C@@H](OS(N)(=O)=O)CC[C@@H]32)C1)(C(C)C)C(C)C. The molecule has 4 aliphatic rings. The Morgan fingerprint density at radius 1 is 0.800 bits per heavy atom. The molecule has 4 rings (SSSR count). The Hall–Kier alpha value is 0.0469. The first-order chi connectivity index (χ1) is 16.1. The van der Waals surface area contributed by atoms with Gasteiger partial charge in [-0.2, -0.15) is 8.42 Å². The summed E-state index contributed by atoms with van der Waals surface area (Å²) in [7, 11) is -5.77. The van der Waals surface area contributed by atoms with Crippen molar-refractivity contribution in [1.82, 2.24) is 0 Å². The van der Waals surface area contributed by atoms with E-state index in [0.29, 0.717) is 40.0 Å². The fraction of sp³-hybridized carbons (Fsp3) is 1.00. The van der Waals surface area contributed by atoms with Crippen molar-refractivity contribution in [1.29, 1.82) is 0 Å². The van der Waals surface area contributed by atoms with Crippen LogP contribution in [-0.2, 0) is 18.9 Å². The lowest BCUT2D eigenvalue weighted by Crippen LogP contribution is -2.56. The molecule has 0 aliphatic heterocycles. The average Bonchev–Trinajstić information content (AvgIpc) is 3.06.